The molecule has 2 aromatic carbocycles. The third-order valence-corrected chi connectivity index (χ3v) is 5.67. The zero-order valence-corrected chi connectivity index (χ0v) is 18.6. The summed E-state index contributed by atoms with van der Waals surface area (Å²) in [5.41, 5.74) is 2.20. The molecule has 32 heavy (non-hydrogen) atoms. The number of aryl methyl sites for hydroxylation is 1. The number of phenols is 1. The largest absolute Gasteiger partial charge is 0.502 e. The van der Waals surface area contributed by atoms with Crippen LogP contribution >= 0.6 is 11.8 Å². The number of ether oxygens (including phenoxy) is 2. The Morgan fingerprint density at radius 3 is 2.34 bits per heavy atom. The number of aromatic nitrogens is 1. The summed E-state index contributed by atoms with van der Waals surface area (Å²) in [6, 6.07) is 18.2. The average molecular weight is 448 g/mol. The predicted octanol–water partition coefficient (Wildman–Crippen LogP) is 4.92. The molecule has 0 aliphatic carbocycles. The molecule has 1 saturated heterocycles. The third-order valence-electron chi connectivity index (χ3n) is 4.70. The van der Waals surface area contributed by atoms with Gasteiger partial charge in [-0.15, -0.1) is 0 Å². The van der Waals surface area contributed by atoms with Crippen molar-refractivity contribution in [1.82, 2.24) is 4.98 Å². The Morgan fingerprint density at radius 1 is 1.03 bits per heavy atom. The molecular weight excluding hydrogens is 426 g/mol. The summed E-state index contributed by atoms with van der Waals surface area (Å²) in [5, 5.41) is 10.7. The number of thioether (sulfide) groups is 1. The number of methoxy groups -OCH3 is 2. The zero-order valence-electron chi connectivity index (χ0n) is 17.8. The number of para-hydroxylation sites is 1. The van der Waals surface area contributed by atoms with Gasteiger partial charge in [0.2, 0.25) is 5.75 Å². The van der Waals surface area contributed by atoms with E-state index in [9.17, 15) is 9.90 Å². The number of aromatic hydroxyl groups is 1. The number of amidine groups is 1. The molecule has 0 radical (unpaired) electrons. The average Bonchev–Trinajstić information content (AvgIpc) is 3.09. The second kappa shape index (κ2) is 9.15. The van der Waals surface area contributed by atoms with Crippen molar-refractivity contribution >= 4 is 40.4 Å². The number of pyridine rings is 1. The lowest BCUT2D eigenvalue weighted by Gasteiger charge is -2.15. The van der Waals surface area contributed by atoms with Crippen molar-refractivity contribution in [3.63, 3.8) is 0 Å². The summed E-state index contributed by atoms with van der Waals surface area (Å²) >= 11 is 1.25. The first-order valence-corrected chi connectivity index (χ1v) is 10.6. The fourth-order valence-electron chi connectivity index (χ4n) is 3.19. The Bertz CT molecular complexity index is 1200. The fourth-order valence-corrected chi connectivity index (χ4v) is 4.18. The van der Waals surface area contributed by atoms with Crippen molar-refractivity contribution in [2.45, 2.75) is 6.92 Å². The second-order valence-electron chi connectivity index (χ2n) is 6.89. The Kier molecular flexibility index (Phi) is 6.13. The maximum absolute atomic E-state index is 13.4. The first kappa shape index (κ1) is 21.5. The number of rotatable bonds is 5. The van der Waals surface area contributed by atoms with E-state index < -0.39 is 0 Å². The van der Waals surface area contributed by atoms with Gasteiger partial charge in [0.05, 0.1) is 24.8 Å². The highest BCUT2D eigenvalue weighted by molar-refractivity contribution is 8.19. The molecule has 4 rings (SSSR count). The van der Waals surface area contributed by atoms with Crippen LogP contribution in [0.1, 0.15) is 11.3 Å². The van der Waals surface area contributed by atoms with E-state index in [0.29, 0.717) is 27.1 Å². The van der Waals surface area contributed by atoms with Crippen molar-refractivity contribution in [2.24, 2.45) is 4.99 Å². The summed E-state index contributed by atoms with van der Waals surface area (Å²) in [4.78, 5) is 24.5. The number of hydrogen-bond acceptors (Lipinski definition) is 7. The van der Waals surface area contributed by atoms with E-state index in [1.54, 1.807) is 29.2 Å². The van der Waals surface area contributed by atoms with Crippen LogP contribution in [0.2, 0.25) is 0 Å². The summed E-state index contributed by atoms with van der Waals surface area (Å²) in [6.45, 7) is 1.89. The number of hydrogen-bond donors (Lipinski definition) is 1. The molecule has 0 atom stereocenters. The number of carbonyl (C=O) groups excluding carboxylic acids is 1. The highest BCUT2D eigenvalue weighted by Gasteiger charge is 2.35. The Balaban J connectivity index is 1.79. The van der Waals surface area contributed by atoms with E-state index in [2.05, 4.69) is 9.98 Å². The molecule has 8 heteroatoms. The van der Waals surface area contributed by atoms with Crippen molar-refractivity contribution < 1.29 is 19.4 Å². The van der Waals surface area contributed by atoms with Gasteiger partial charge in [0.15, 0.2) is 22.5 Å². The van der Waals surface area contributed by atoms with Crippen LogP contribution in [0, 0.1) is 6.92 Å². The van der Waals surface area contributed by atoms with Crippen LogP contribution in [0.5, 0.6) is 17.2 Å². The number of aliphatic imine (C=N–C) groups is 1. The molecule has 0 unspecified atom stereocenters. The van der Waals surface area contributed by atoms with Crippen molar-refractivity contribution in [3.8, 4) is 17.2 Å². The van der Waals surface area contributed by atoms with Crippen molar-refractivity contribution in [3.05, 3.63) is 76.8 Å². The van der Waals surface area contributed by atoms with Gasteiger partial charge in [-0.3, -0.25) is 9.69 Å². The van der Waals surface area contributed by atoms with E-state index in [1.807, 2.05) is 49.4 Å². The minimum atomic E-state index is -0.210. The minimum absolute atomic E-state index is 0.0961. The first-order valence-electron chi connectivity index (χ1n) is 9.76. The number of phenolic OH excluding ortho intramolecular Hbond substituents is 1. The maximum Gasteiger partial charge on any atom is 0.271 e. The first-order chi connectivity index (χ1) is 15.5. The summed E-state index contributed by atoms with van der Waals surface area (Å²) in [5.74, 6) is 0.726. The number of anilines is 1. The molecule has 162 valence electrons. The summed E-state index contributed by atoms with van der Waals surface area (Å²) in [7, 11) is 2.91. The van der Waals surface area contributed by atoms with Crippen molar-refractivity contribution in [1.29, 1.82) is 0 Å². The second-order valence-corrected chi connectivity index (χ2v) is 7.90. The number of nitrogens with zero attached hydrogens (tertiary/aromatic N) is 3. The van der Waals surface area contributed by atoms with E-state index >= 15 is 0 Å². The van der Waals surface area contributed by atoms with Crippen LogP contribution in [-0.4, -0.2) is 35.4 Å². The topological polar surface area (TPSA) is 84.3 Å². The lowest BCUT2D eigenvalue weighted by atomic mass is 10.1. The number of carbonyl (C=O) groups is 1. The molecule has 1 amide bonds. The highest BCUT2D eigenvalue weighted by atomic mass is 32.2. The monoisotopic (exact) mass is 447 g/mol. The Labute approximate surface area is 190 Å². The number of benzene rings is 2. The smallest absolute Gasteiger partial charge is 0.271 e. The minimum Gasteiger partial charge on any atom is -0.502 e. The molecule has 1 N–H and O–H groups in total. The summed E-state index contributed by atoms with van der Waals surface area (Å²) < 4.78 is 10.5. The van der Waals surface area contributed by atoms with E-state index in [4.69, 9.17) is 9.47 Å². The van der Waals surface area contributed by atoms with Gasteiger partial charge >= 0.3 is 0 Å². The van der Waals surface area contributed by atoms with Crippen LogP contribution in [0.15, 0.2) is 70.6 Å². The summed E-state index contributed by atoms with van der Waals surface area (Å²) in [6.07, 6.45) is 1.72. The lowest BCUT2D eigenvalue weighted by molar-refractivity contribution is -0.113. The Morgan fingerprint density at radius 2 is 1.72 bits per heavy atom. The predicted molar refractivity (Wildman–Crippen MR) is 127 cm³/mol. The standard InChI is InChI=1S/C24H21N3O4S/c1-15-8-7-11-21(25-15)26-24-27(17-9-5-4-6-10-17)23(29)20(32-24)14-16-12-18(30-2)22(28)19(13-16)31-3/h4-14,28H,1-3H3/b20-14-,26-24+. The van der Waals surface area contributed by atoms with Crippen molar-refractivity contribution in [2.75, 3.05) is 19.1 Å². The normalized spacial score (nSPS) is 16.1. The van der Waals surface area contributed by atoms with E-state index in [0.717, 1.165) is 5.69 Å². The molecule has 3 aromatic rings. The molecular formula is C24H21N3O4S. The zero-order chi connectivity index (χ0) is 22.7. The molecule has 2 heterocycles. The van der Waals surface area contributed by atoms with Gasteiger partial charge in [0, 0.05) is 5.69 Å². The van der Waals surface area contributed by atoms with Crippen LogP contribution in [-0.2, 0) is 4.79 Å². The molecule has 0 bridgehead atoms. The molecule has 0 saturated carbocycles. The fraction of sp³-hybridized carbons (Fsp3) is 0.125. The molecule has 0 spiro atoms. The number of amides is 1. The molecule has 1 aromatic heterocycles. The van der Waals surface area contributed by atoms with E-state index in [-0.39, 0.29) is 23.2 Å². The SMILES string of the molecule is COc1cc(/C=C2\S/C(=N/c3cccc(C)n3)N(c3ccccc3)C2=O)cc(OC)c1O. The lowest BCUT2D eigenvalue weighted by Crippen LogP contribution is -2.28. The molecule has 1 aliphatic heterocycles. The van der Waals surface area contributed by atoms with Crippen LogP contribution in [0.4, 0.5) is 11.5 Å². The molecule has 7 nitrogen and oxygen atoms in total. The molecule has 1 fully saturated rings. The van der Waals surface area contributed by atoms with Crippen LogP contribution in [0.25, 0.3) is 6.08 Å². The van der Waals surface area contributed by atoms with Gasteiger partial charge in [-0.1, -0.05) is 24.3 Å². The van der Waals surface area contributed by atoms with Gasteiger partial charge in [0.1, 0.15) is 0 Å². The van der Waals surface area contributed by atoms with E-state index in [1.165, 1.54) is 26.0 Å². The van der Waals surface area contributed by atoms with Gasteiger partial charge in [0.25, 0.3) is 5.91 Å². The van der Waals surface area contributed by atoms with Gasteiger partial charge in [-0.2, -0.15) is 0 Å². The van der Waals surface area contributed by atoms with Crippen LogP contribution in [0.3, 0.4) is 0 Å². The van der Waals surface area contributed by atoms with Gasteiger partial charge in [-0.25, -0.2) is 9.98 Å². The third kappa shape index (κ3) is 4.31. The maximum atomic E-state index is 13.4. The quantitative estimate of drug-likeness (QED) is 0.559. The Hall–Kier alpha value is -3.78. The van der Waals surface area contributed by atoms with Crippen LogP contribution < -0.4 is 14.4 Å². The van der Waals surface area contributed by atoms with Gasteiger partial charge in [-0.05, 0) is 66.7 Å². The highest BCUT2D eigenvalue weighted by Crippen LogP contribution is 2.40. The van der Waals surface area contributed by atoms with Gasteiger partial charge < -0.3 is 14.6 Å². The molecule has 1 aliphatic rings.